The van der Waals surface area contributed by atoms with E-state index in [4.69, 9.17) is 23.7 Å². The lowest BCUT2D eigenvalue weighted by molar-refractivity contribution is -0.253. The molecule has 1 aliphatic heterocycles. The van der Waals surface area contributed by atoms with Crippen LogP contribution in [0.25, 0.3) is 0 Å². The van der Waals surface area contributed by atoms with Gasteiger partial charge in [-0.15, -0.1) is 0 Å². The van der Waals surface area contributed by atoms with E-state index < -0.39 is 6.16 Å². The Hall–Kier alpha value is -1.53. The molecule has 0 bridgehead atoms. The second kappa shape index (κ2) is 11.1. The molecule has 6 heteroatoms. The standard InChI is InChI=1S/C18H30O6/c1-6-10-21-17-13(4)16(20-5)14(15(8-3)24-17)9-12-23-18(19)22-11-7-2/h6-7,10,13-17H,2,8-9,11-12H2,1,3-5H3/b10-6-/t13-,14-,15?,16?,17+/m1/s1. The van der Waals surface area contributed by atoms with Gasteiger partial charge in [-0.1, -0.05) is 32.6 Å². The number of hydrogen-bond donors (Lipinski definition) is 0. The maximum Gasteiger partial charge on any atom is 0.508 e. The summed E-state index contributed by atoms with van der Waals surface area (Å²) < 4.78 is 27.3. The van der Waals surface area contributed by atoms with Crippen LogP contribution in [0.4, 0.5) is 4.79 Å². The minimum Gasteiger partial charge on any atom is -0.472 e. The first kappa shape index (κ1) is 20.5. The summed E-state index contributed by atoms with van der Waals surface area (Å²) in [7, 11) is 1.69. The third kappa shape index (κ3) is 5.83. The summed E-state index contributed by atoms with van der Waals surface area (Å²) in [5.74, 6) is 0.180. The molecule has 0 aromatic carbocycles. The molecule has 0 radical (unpaired) electrons. The van der Waals surface area contributed by atoms with Gasteiger partial charge in [0.15, 0.2) is 0 Å². The molecule has 1 fully saturated rings. The highest BCUT2D eigenvalue weighted by Crippen LogP contribution is 2.36. The molecule has 0 amide bonds. The van der Waals surface area contributed by atoms with Crippen molar-refractivity contribution >= 4 is 6.16 Å². The molecule has 24 heavy (non-hydrogen) atoms. The Kier molecular flexibility index (Phi) is 9.49. The molecule has 0 aliphatic carbocycles. The monoisotopic (exact) mass is 342 g/mol. The van der Waals surface area contributed by atoms with Crippen molar-refractivity contribution in [3.63, 3.8) is 0 Å². The Labute approximate surface area is 144 Å². The number of carbonyl (C=O) groups is 1. The first-order chi connectivity index (χ1) is 11.6. The van der Waals surface area contributed by atoms with Gasteiger partial charge in [-0.05, 0) is 19.8 Å². The molecular weight excluding hydrogens is 312 g/mol. The van der Waals surface area contributed by atoms with Crippen LogP contribution in [0.15, 0.2) is 25.0 Å². The molecule has 1 saturated heterocycles. The van der Waals surface area contributed by atoms with Crippen LogP contribution in [0.3, 0.4) is 0 Å². The first-order valence-electron chi connectivity index (χ1n) is 8.44. The third-order valence-corrected chi connectivity index (χ3v) is 4.17. The van der Waals surface area contributed by atoms with E-state index in [1.807, 2.05) is 19.9 Å². The van der Waals surface area contributed by atoms with E-state index in [0.717, 1.165) is 6.42 Å². The molecule has 0 spiro atoms. The fourth-order valence-electron chi connectivity index (χ4n) is 3.05. The Balaban J connectivity index is 2.63. The third-order valence-electron chi connectivity index (χ3n) is 4.17. The van der Waals surface area contributed by atoms with Gasteiger partial charge in [-0.25, -0.2) is 4.79 Å². The zero-order chi connectivity index (χ0) is 17.9. The maximum atomic E-state index is 11.4. The Morgan fingerprint density at radius 2 is 2.08 bits per heavy atom. The van der Waals surface area contributed by atoms with E-state index in [2.05, 4.69) is 13.5 Å². The molecule has 5 atom stereocenters. The molecule has 0 aromatic rings. The number of ether oxygens (including phenoxy) is 5. The minimum absolute atomic E-state index is 0.0193. The quantitative estimate of drug-likeness (QED) is 0.362. The molecule has 6 nitrogen and oxygen atoms in total. The fourth-order valence-corrected chi connectivity index (χ4v) is 3.05. The van der Waals surface area contributed by atoms with Gasteiger partial charge in [0.05, 0.1) is 25.1 Å². The zero-order valence-corrected chi connectivity index (χ0v) is 15.1. The second-order valence-electron chi connectivity index (χ2n) is 5.77. The normalized spacial score (nSPS) is 30.1. The molecule has 1 heterocycles. The van der Waals surface area contributed by atoms with E-state index >= 15 is 0 Å². The highest BCUT2D eigenvalue weighted by Gasteiger charge is 2.43. The van der Waals surface area contributed by atoms with E-state index in [1.54, 1.807) is 13.4 Å². The van der Waals surface area contributed by atoms with Gasteiger partial charge in [0, 0.05) is 18.9 Å². The van der Waals surface area contributed by atoms with Crippen LogP contribution in [0.5, 0.6) is 0 Å². The van der Waals surface area contributed by atoms with E-state index in [0.29, 0.717) is 6.42 Å². The topological polar surface area (TPSA) is 63.2 Å². The van der Waals surface area contributed by atoms with Crippen molar-refractivity contribution in [2.75, 3.05) is 20.3 Å². The lowest BCUT2D eigenvalue weighted by Gasteiger charge is -2.44. The molecule has 1 aliphatic rings. The number of carbonyl (C=O) groups excluding carboxylic acids is 1. The van der Waals surface area contributed by atoms with Gasteiger partial charge in [0.1, 0.15) is 6.61 Å². The highest BCUT2D eigenvalue weighted by molar-refractivity contribution is 5.59. The summed E-state index contributed by atoms with van der Waals surface area (Å²) in [5.41, 5.74) is 0. The average molecular weight is 342 g/mol. The molecule has 0 saturated carbocycles. The summed E-state index contributed by atoms with van der Waals surface area (Å²) in [6.45, 7) is 9.88. The van der Waals surface area contributed by atoms with Gasteiger partial charge in [-0.3, -0.25) is 0 Å². The Bertz CT molecular complexity index is 408. The summed E-state index contributed by atoms with van der Waals surface area (Å²) in [6, 6.07) is 0. The van der Waals surface area contributed by atoms with Crippen molar-refractivity contribution in [1.82, 2.24) is 0 Å². The number of rotatable bonds is 9. The van der Waals surface area contributed by atoms with Crippen LogP contribution < -0.4 is 0 Å². The van der Waals surface area contributed by atoms with Gasteiger partial charge in [-0.2, -0.15) is 0 Å². The summed E-state index contributed by atoms with van der Waals surface area (Å²) >= 11 is 0. The number of methoxy groups -OCH3 is 1. The first-order valence-corrected chi connectivity index (χ1v) is 8.44. The SMILES string of the molecule is C=CCOC(=O)OCC[C@@H]1C(CC)O[C@H](O/C=C\C)[C@H](C)C1OC. The van der Waals surface area contributed by atoms with Gasteiger partial charge in [0.25, 0.3) is 0 Å². The lowest BCUT2D eigenvalue weighted by atomic mass is 9.81. The predicted octanol–water partition coefficient (Wildman–Crippen LogP) is 3.67. The van der Waals surface area contributed by atoms with E-state index in [9.17, 15) is 4.79 Å². The Morgan fingerprint density at radius 3 is 2.67 bits per heavy atom. The van der Waals surface area contributed by atoms with Crippen molar-refractivity contribution < 1.29 is 28.5 Å². The van der Waals surface area contributed by atoms with Crippen LogP contribution in [0.2, 0.25) is 0 Å². The molecule has 0 N–H and O–H groups in total. The summed E-state index contributed by atoms with van der Waals surface area (Å²) in [4.78, 5) is 11.4. The smallest absolute Gasteiger partial charge is 0.472 e. The van der Waals surface area contributed by atoms with Crippen molar-refractivity contribution in [3.8, 4) is 0 Å². The highest BCUT2D eigenvalue weighted by atomic mass is 16.7. The summed E-state index contributed by atoms with van der Waals surface area (Å²) in [6.07, 6.45) is 5.35. The van der Waals surface area contributed by atoms with Crippen LogP contribution in [0, 0.1) is 11.8 Å². The number of hydrogen-bond acceptors (Lipinski definition) is 6. The average Bonchev–Trinajstić information content (AvgIpc) is 2.59. The van der Waals surface area contributed by atoms with Crippen molar-refractivity contribution in [3.05, 3.63) is 25.0 Å². The molecule has 0 aromatic heterocycles. The maximum absolute atomic E-state index is 11.4. The molecular formula is C18H30O6. The van der Waals surface area contributed by atoms with Gasteiger partial charge >= 0.3 is 6.16 Å². The van der Waals surface area contributed by atoms with Crippen molar-refractivity contribution in [2.24, 2.45) is 11.8 Å². The van der Waals surface area contributed by atoms with Gasteiger partial charge < -0.3 is 23.7 Å². The molecule has 138 valence electrons. The zero-order valence-electron chi connectivity index (χ0n) is 15.1. The van der Waals surface area contributed by atoms with E-state index in [1.165, 1.54) is 6.08 Å². The fraction of sp³-hybridized carbons (Fsp3) is 0.722. The van der Waals surface area contributed by atoms with Gasteiger partial charge in [0.2, 0.25) is 6.29 Å². The van der Waals surface area contributed by atoms with Crippen LogP contribution in [-0.2, 0) is 23.7 Å². The van der Waals surface area contributed by atoms with Crippen LogP contribution in [0.1, 0.15) is 33.6 Å². The minimum atomic E-state index is -0.684. The largest absolute Gasteiger partial charge is 0.508 e. The summed E-state index contributed by atoms with van der Waals surface area (Å²) in [5, 5.41) is 0. The van der Waals surface area contributed by atoms with E-state index in [-0.39, 0.29) is 43.5 Å². The molecule has 2 unspecified atom stereocenters. The van der Waals surface area contributed by atoms with Crippen molar-refractivity contribution in [2.45, 2.75) is 52.1 Å². The number of allylic oxidation sites excluding steroid dienone is 1. The van der Waals surface area contributed by atoms with Crippen molar-refractivity contribution in [1.29, 1.82) is 0 Å². The predicted molar refractivity (Wildman–Crippen MR) is 90.4 cm³/mol. The Morgan fingerprint density at radius 1 is 1.33 bits per heavy atom. The second-order valence-corrected chi connectivity index (χ2v) is 5.77. The lowest BCUT2D eigenvalue weighted by Crippen LogP contribution is -2.51. The van der Waals surface area contributed by atoms with Crippen LogP contribution in [-0.4, -0.2) is 45.0 Å². The van der Waals surface area contributed by atoms with Crippen LogP contribution >= 0.6 is 0 Å². The molecule has 1 rings (SSSR count).